The maximum absolute atomic E-state index is 5.88. The van der Waals surface area contributed by atoms with Gasteiger partial charge in [-0.05, 0) is 54.3 Å². The van der Waals surface area contributed by atoms with E-state index in [0.29, 0.717) is 0 Å². The van der Waals surface area contributed by atoms with E-state index in [2.05, 4.69) is 37.3 Å². The molecule has 2 aromatic rings. The molecule has 0 fully saturated rings. The Morgan fingerprint density at radius 2 is 1.16 bits per heavy atom. The van der Waals surface area contributed by atoms with Crippen LogP contribution in [-0.2, 0) is 4.74 Å². The van der Waals surface area contributed by atoms with Gasteiger partial charge in [0.05, 0.1) is 13.2 Å². The van der Waals surface area contributed by atoms with Crippen molar-refractivity contribution in [1.29, 1.82) is 0 Å². The topological polar surface area (TPSA) is 27.7 Å². The number of benzene rings is 2. The fourth-order valence-corrected chi connectivity index (χ4v) is 2.82. The Balaban J connectivity index is 1.79. The summed E-state index contributed by atoms with van der Waals surface area (Å²) >= 11 is 0. The first-order chi connectivity index (χ1) is 12.3. The van der Waals surface area contributed by atoms with Gasteiger partial charge in [0.15, 0.2) is 0 Å². The highest BCUT2D eigenvalue weighted by Crippen LogP contribution is 2.25. The molecule has 3 nitrogen and oxygen atoms in total. The van der Waals surface area contributed by atoms with E-state index in [-0.39, 0.29) is 0 Å². The van der Waals surface area contributed by atoms with Gasteiger partial charge >= 0.3 is 0 Å². The lowest BCUT2D eigenvalue weighted by Gasteiger charge is -2.09. The number of fused-ring (bicyclic) bond motifs is 1. The smallest absolute Gasteiger partial charge is 0.119 e. The van der Waals surface area contributed by atoms with E-state index in [9.17, 15) is 0 Å². The molecule has 0 aliphatic heterocycles. The van der Waals surface area contributed by atoms with Crippen molar-refractivity contribution in [3.05, 3.63) is 36.4 Å². The standard InChI is InChI=1S/C22H32O3/c1-3-4-5-6-7-15-24-21-12-10-20-18-22(13-11-19(20)17-21)25-16-9-8-14-23-2/h10-13,17-18H,3-9,14-16H2,1-2H3. The van der Waals surface area contributed by atoms with Crippen LogP contribution in [0.2, 0.25) is 0 Å². The monoisotopic (exact) mass is 344 g/mol. The molecule has 0 saturated heterocycles. The zero-order chi connectivity index (χ0) is 17.7. The lowest BCUT2D eigenvalue weighted by molar-refractivity contribution is 0.184. The van der Waals surface area contributed by atoms with Crippen molar-refractivity contribution in [2.45, 2.75) is 51.9 Å². The van der Waals surface area contributed by atoms with Gasteiger partial charge in [-0.2, -0.15) is 0 Å². The van der Waals surface area contributed by atoms with Crippen LogP contribution in [0.4, 0.5) is 0 Å². The molecule has 0 N–H and O–H groups in total. The zero-order valence-electron chi connectivity index (χ0n) is 15.8. The fraction of sp³-hybridized carbons (Fsp3) is 0.545. The van der Waals surface area contributed by atoms with E-state index in [1.165, 1.54) is 36.5 Å². The third-order valence-electron chi connectivity index (χ3n) is 4.31. The van der Waals surface area contributed by atoms with E-state index in [1.807, 2.05) is 6.07 Å². The van der Waals surface area contributed by atoms with Gasteiger partial charge in [-0.15, -0.1) is 0 Å². The zero-order valence-corrected chi connectivity index (χ0v) is 15.8. The molecule has 3 heteroatoms. The number of ether oxygens (including phenoxy) is 3. The Morgan fingerprint density at radius 1 is 0.640 bits per heavy atom. The van der Waals surface area contributed by atoms with Gasteiger partial charge in [0, 0.05) is 13.7 Å². The van der Waals surface area contributed by atoms with Crippen molar-refractivity contribution < 1.29 is 14.2 Å². The van der Waals surface area contributed by atoms with Crippen LogP contribution in [0.5, 0.6) is 11.5 Å². The minimum absolute atomic E-state index is 0.730. The second-order valence-electron chi connectivity index (χ2n) is 6.48. The molecule has 0 spiro atoms. The number of methoxy groups -OCH3 is 1. The molecule has 0 saturated carbocycles. The molecule has 0 unspecified atom stereocenters. The second kappa shape index (κ2) is 11.8. The summed E-state index contributed by atoms with van der Waals surface area (Å²) < 4.78 is 16.7. The molecule has 2 aromatic carbocycles. The third-order valence-corrected chi connectivity index (χ3v) is 4.31. The Bertz CT molecular complexity index is 609. The number of hydrogen-bond donors (Lipinski definition) is 0. The van der Waals surface area contributed by atoms with Crippen molar-refractivity contribution in [3.63, 3.8) is 0 Å². The van der Waals surface area contributed by atoms with E-state index in [0.717, 1.165) is 50.6 Å². The summed E-state index contributed by atoms with van der Waals surface area (Å²) in [5.41, 5.74) is 0. The van der Waals surface area contributed by atoms with Gasteiger partial charge in [0.25, 0.3) is 0 Å². The molecule has 138 valence electrons. The number of unbranched alkanes of at least 4 members (excludes halogenated alkanes) is 5. The summed E-state index contributed by atoms with van der Waals surface area (Å²) in [4.78, 5) is 0. The average Bonchev–Trinajstić information content (AvgIpc) is 2.64. The van der Waals surface area contributed by atoms with Gasteiger partial charge < -0.3 is 14.2 Å². The molecule has 25 heavy (non-hydrogen) atoms. The molecule has 0 atom stereocenters. The van der Waals surface area contributed by atoms with E-state index in [1.54, 1.807) is 7.11 Å². The van der Waals surface area contributed by atoms with Gasteiger partial charge in [-0.1, -0.05) is 44.7 Å². The first-order valence-electron chi connectivity index (χ1n) is 9.62. The molecule has 0 heterocycles. The summed E-state index contributed by atoms with van der Waals surface area (Å²) in [6.45, 7) is 4.57. The van der Waals surface area contributed by atoms with Crippen molar-refractivity contribution in [2.75, 3.05) is 26.9 Å². The lowest BCUT2D eigenvalue weighted by Crippen LogP contribution is -1.99. The summed E-state index contributed by atoms with van der Waals surface area (Å²) in [6, 6.07) is 12.5. The molecule has 0 aliphatic carbocycles. The molecule has 0 radical (unpaired) electrons. The summed E-state index contributed by atoms with van der Waals surface area (Å²) in [5, 5.41) is 2.37. The van der Waals surface area contributed by atoms with E-state index in [4.69, 9.17) is 14.2 Å². The molecule has 0 bridgehead atoms. The van der Waals surface area contributed by atoms with Crippen molar-refractivity contribution in [2.24, 2.45) is 0 Å². The quantitative estimate of drug-likeness (QED) is 0.417. The maximum atomic E-state index is 5.88. The van der Waals surface area contributed by atoms with Crippen LogP contribution in [0.3, 0.4) is 0 Å². The fourth-order valence-electron chi connectivity index (χ4n) is 2.82. The predicted molar refractivity (Wildman–Crippen MR) is 105 cm³/mol. The van der Waals surface area contributed by atoms with Crippen LogP contribution in [0.15, 0.2) is 36.4 Å². The first-order valence-corrected chi connectivity index (χ1v) is 9.62. The molecule has 0 aromatic heterocycles. The van der Waals surface area contributed by atoms with Gasteiger partial charge in [-0.3, -0.25) is 0 Å². The van der Waals surface area contributed by atoms with E-state index < -0.39 is 0 Å². The second-order valence-corrected chi connectivity index (χ2v) is 6.48. The molecule has 0 aliphatic rings. The Kier molecular flexibility index (Phi) is 9.21. The SMILES string of the molecule is CCCCCCCOc1ccc2cc(OCCCCOC)ccc2c1. The summed E-state index contributed by atoms with van der Waals surface area (Å²) in [7, 11) is 1.73. The third kappa shape index (κ3) is 7.35. The highest BCUT2D eigenvalue weighted by atomic mass is 16.5. The molecule has 2 rings (SSSR count). The summed E-state index contributed by atoms with van der Waals surface area (Å²) in [5.74, 6) is 1.88. The normalized spacial score (nSPS) is 11.0. The van der Waals surface area contributed by atoms with Crippen LogP contribution < -0.4 is 9.47 Å². The Morgan fingerprint density at radius 3 is 1.72 bits per heavy atom. The highest BCUT2D eigenvalue weighted by molar-refractivity contribution is 5.85. The maximum Gasteiger partial charge on any atom is 0.119 e. The number of hydrogen-bond acceptors (Lipinski definition) is 3. The van der Waals surface area contributed by atoms with Crippen molar-refractivity contribution in [1.82, 2.24) is 0 Å². The Hall–Kier alpha value is -1.74. The first kappa shape index (κ1) is 19.6. The largest absolute Gasteiger partial charge is 0.494 e. The molecule has 0 amide bonds. The Labute approximate surface area is 152 Å². The van der Waals surface area contributed by atoms with Crippen LogP contribution in [0, 0.1) is 0 Å². The molecular formula is C22H32O3. The minimum Gasteiger partial charge on any atom is -0.494 e. The van der Waals surface area contributed by atoms with Crippen LogP contribution in [0.1, 0.15) is 51.9 Å². The van der Waals surface area contributed by atoms with Crippen LogP contribution in [-0.4, -0.2) is 26.9 Å². The van der Waals surface area contributed by atoms with Gasteiger partial charge in [0.2, 0.25) is 0 Å². The van der Waals surface area contributed by atoms with Crippen molar-refractivity contribution in [3.8, 4) is 11.5 Å². The summed E-state index contributed by atoms with van der Waals surface area (Å²) in [6.07, 6.45) is 8.35. The molecular weight excluding hydrogens is 312 g/mol. The predicted octanol–water partition coefficient (Wildman–Crippen LogP) is 5.99. The average molecular weight is 344 g/mol. The lowest BCUT2D eigenvalue weighted by atomic mass is 10.1. The van der Waals surface area contributed by atoms with Crippen molar-refractivity contribution >= 4 is 10.8 Å². The minimum atomic E-state index is 0.730. The van der Waals surface area contributed by atoms with Crippen LogP contribution >= 0.6 is 0 Å². The van der Waals surface area contributed by atoms with Crippen LogP contribution in [0.25, 0.3) is 10.8 Å². The van der Waals surface area contributed by atoms with Gasteiger partial charge in [0.1, 0.15) is 11.5 Å². The van der Waals surface area contributed by atoms with E-state index >= 15 is 0 Å². The van der Waals surface area contributed by atoms with Gasteiger partial charge in [-0.25, -0.2) is 0 Å². The number of rotatable bonds is 13. The highest BCUT2D eigenvalue weighted by Gasteiger charge is 2.01.